The second-order valence-corrected chi connectivity index (χ2v) is 6.72. The fraction of sp³-hybridized carbons (Fsp3) is 0.438. The van der Waals surface area contributed by atoms with Gasteiger partial charge in [-0.05, 0) is 24.8 Å². The molecule has 0 spiro atoms. The van der Waals surface area contributed by atoms with Crippen LogP contribution >= 0.6 is 0 Å². The highest BCUT2D eigenvalue weighted by Crippen LogP contribution is 2.09. The van der Waals surface area contributed by atoms with Crippen molar-refractivity contribution in [2.24, 2.45) is 0 Å². The minimum absolute atomic E-state index is 0.133. The molecule has 0 saturated heterocycles. The molecule has 21 heavy (non-hydrogen) atoms. The first-order chi connectivity index (χ1) is 10.2. The van der Waals surface area contributed by atoms with E-state index in [1.165, 1.54) is 0 Å². The number of allylic oxidation sites excluding steroid dienone is 1. The van der Waals surface area contributed by atoms with Crippen LogP contribution in [0, 0.1) is 0 Å². The van der Waals surface area contributed by atoms with Crippen molar-refractivity contribution in [1.82, 2.24) is 10.6 Å². The molecule has 4 nitrogen and oxygen atoms in total. The van der Waals surface area contributed by atoms with Crippen LogP contribution in [0.3, 0.4) is 0 Å². The summed E-state index contributed by atoms with van der Waals surface area (Å²) in [7, 11) is -0.951. The van der Waals surface area contributed by atoms with Gasteiger partial charge in [0.2, 0.25) is 0 Å². The summed E-state index contributed by atoms with van der Waals surface area (Å²) < 4.78 is 11.9. The van der Waals surface area contributed by atoms with Gasteiger partial charge in [-0.3, -0.25) is 4.21 Å². The molecule has 2 rings (SSSR count). The van der Waals surface area contributed by atoms with Crippen molar-refractivity contribution in [2.45, 2.75) is 31.1 Å². The second kappa shape index (κ2) is 8.62. The summed E-state index contributed by atoms with van der Waals surface area (Å²) >= 11 is 0. The largest absolute Gasteiger partial charge is 0.337 e. The molecule has 0 bridgehead atoms. The predicted molar refractivity (Wildman–Crippen MR) is 86.5 cm³/mol. The Bertz CT molecular complexity index is 502. The summed E-state index contributed by atoms with van der Waals surface area (Å²) in [6.07, 6.45) is 7.34. The number of carbonyl (C=O) groups is 1. The molecular weight excluding hydrogens is 284 g/mol. The molecule has 1 aromatic rings. The van der Waals surface area contributed by atoms with Crippen LogP contribution in [0.5, 0.6) is 0 Å². The number of urea groups is 1. The molecule has 0 radical (unpaired) electrons. The van der Waals surface area contributed by atoms with Crippen molar-refractivity contribution in [3.05, 3.63) is 48.0 Å². The molecule has 1 aliphatic rings. The number of rotatable bonds is 6. The maximum absolute atomic E-state index is 11.9. The van der Waals surface area contributed by atoms with E-state index >= 15 is 0 Å². The molecule has 1 aliphatic carbocycles. The van der Waals surface area contributed by atoms with Crippen LogP contribution < -0.4 is 10.6 Å². The molecule has 2 unspecified atom stereocenters. The monoisotopic (exact) mass is 306 g/mol. The summed E-state index contributed by atoms with van der Waals surface area (Å²) in [5.41, 5.74) is 1.06. The molecule has 2 N–H and O–H groups in total. The molecule has 0 saturated carbocycles. The molecule has 2 amide bonds. The zero-order valence-corrected chi connectivity index (χ0v) is 12.9. The Morgan fingerprint density at radius 2 is 2.10 bits per heavy atom. The highest BCUT2D eigenvalue weighted by Gasteiger charge is 2.11. The number of amides is 2. The van der Waals surface area contributed by atoms with E-state index in [1.807, 2.05) is 36.4 Å². The molecule has 0 aliphatic heterocycles. The summed E-state index contributed by atoms with van der Waals surface area (Å²) in [5, 5.41) is 5.68. The summed E-state index contributed by atoms with van der Waals surface area (Å²) in [6, 6.07) is 9.71. The zero-order chi connectivity index (χ0) is 14.9. The maximum Gasteiger partial charge on any atom is 0.315 e. The predicted octanol–water partition coefficient (Wildman–Crippen LogP) is 2.34. The van der Waals surface area contributed by atoms with Gasteiger partial charge < -0.3 is 10.6 Å². The van der Waals surface area contributed by atoms with E-state index in [0.29, 0.717) is 18.1 Å². The molecule has 0 aromatic heterocycles. The fourth-order valence-corrected chi connectivity index (χ4v) is 3.30. The average molecular weight is 306 g/mol. The number of carbonyl (C=O) groups excluding carboxylic acids is 1. The van der Waals surface area contributed by atoms with Crippen LogP contribution in [0.4, 0.5) is 4.79 Å². The molecule has 2 atom stereocenters. The third kappa shape index (κ3) is 6.12. The van der Waals surface area contributed by atoms with Gasteiger partial charge in [0.25, 0.3) is 0 Å². The molecule has 5 heteroatoms. The van der Waals surface area contributed by atoms with Gasteiger partial charge in [0.1, 0.15) is 0 Å². The number of hydrogen-bond donors (Lipinski definition) is 2. The van der Waals surface area contributed by atoms with E-state index in [1.54, 1.807) is 0 Å². The van der Waals surface area contributed by atoms with Crippen LogP contribution in [0.2, 0.25) is 0 Å². The van der Waals surface area contributed by atoms with Crippen LogP contribution in [-0.2, 0) is 16.6 Å². The van der Waals surface area contributed by atoms with Crippen molar-refractivity contribution in [3.8, 4) is 0 Å². The Labute approximate surface area is 128 Å². The number of nitrogens with one attached hydrogen (secondary N) is 2. The van der Waals surface area contributed by atoms with Gasteiger partial charge in [0, 0.05) is 34.9 Å². The molecular formula is C16H22N2O2S. The van der Waals surface area contributed by atoms with Gasteiger partial charge in [-0.2, -0.15) is 0 Å². The Morgan fingerprint density at radius 3 is 2.81 bits per heavy atom. The minimum Gasteiger partial charge on any atom is -0.337 e. The van der Waals surface area contributed by atoms with E-state index in [2.05, 4.69) is 16.7 Å². The van der Waals surface area contributed by atoms with Crippen molar-refractivity contribution < 1.29 is 9.00 Å². The summed E-state index contributed by atoms with van der Waals surface area (Å²) in [5.74, 6) is 1.01. The average Bonchev–Trinajstić information content (AvgIpc) is 2.49. The quantitative estimate of drug-likeness (QED) is 0.793. The molecule has 0 heterocycles. The highest BCUT2D eigenvalue weighted by atomic mass is 32.2. The van der Waals surface area contributed by atoms with Crippen molar-refractivity contribution in [2.75, 3.05) is 12.3 Å². The van der Waals surface area contributed by atoms with Gasteiger partial charge in [0.05, 0.1) is 0 Å². The zero-order valence-electron chi connectivity index (χ0n) is 12.1. The Morgan fingerprint density at radius 1 is 1.29 bits per heavy atom. The van der Waals surface area contributed by atoms with Gasteiger partial charge >= 0.3 is 6.03 Å². The lowest BCUT2D eigenvalue weighted by Gasteiger charge is -2.18. The van der Waals surface area contributed by atoms with Gasteiger partial charge in [0.15, 0.2) is 0 Å². The number of benzene rings is 1. The normalized spacial score (nSPS) is 19.0. The van der Waals surface area contributed by atoms with Crippen LogP contribution in [0.25, 0.3) is 0 Å². The second-order valence-electron chi connectivity index (χ2n) is 5.14. The lowest BCUT2D eigenvalue weighted by Crippen LogP contribution is -2.42. The summed E-state index contributed by atoms with van der Waals surface area (Å²) in [4.78, 5) is 11.7. The SMILES string of the molecule is O=C(NCCS(=O)Cc1ccccc1)NC1C=CCCC1. The minimum atomic E-state index is -0.951. The van der Waals surface area contributed by atoms with E-state index in [-0.39, 0.29) is 12.1 Å². The van der Waals surface area contributed by atoms with Crippen molar-refractivity contribution in [1.29, 1.82) is 0 Å². The topological polar surface area (TPSA) is 58.2 Å². The Balaban J connectivity index is 1.62. The van der Waals surface area contributed by atoms with Gasteiger partial charge in [-0.15, -0.1) is 0 Å². The van der Waals surface area contributed by atoms with Crippen molar-refractivity contribution >= 4 is 16.8 Å². The van der Waals surface area contributed by atoms with E-state index in [9.17, 15) is 9.00 Å². The van der Waals surface area contributed by atoms with E-state index in [4.69, 9.17) is 0 Å². The van der Waals surface area contributed by atoms with Gasteiger partial charge in [-0.25, -0.2) is 4.79 Å². The lowest BCUT2D eigenvalue weighted by atomic mass is 10.0. The Kier molecular flexibility index (Phi) is 6.47. The third-order valence-corrected chi connectivity index (χ3v) is 4.67. The number of hydrogen-bond acceptors (Lipinski definition) is 2. The Hall–Kier alpha value is -1.62. The third-order valence-electron chi connectivity index (χ3n) is 3.36. The lowest BCUT2D eigenvalue weighted by molar-refractivity contribution is 0.238. The van der Waals surface area contributed by atoms with Crippen LogP contribution in [0.15, 0.2) is 42.5 Å². The standard InChI is InChI=1S/C16H22N2O2S/c19-16(18-15-9-5-2-6-10-15)17-11-12-21(20)13-14-7-3-1-4-8-14/h1,3-5,7-9,15H,2,6,10-13H2,(H2,17,18,19). The van der Waals surface area contributed by atoms with Crippen LogP contribution in [-0.4, -0.2) is 28.6 Å². The van der Waals surface area contributed by atoms with Gasteiger partial charge in [-0.1, -0.05) is 42.5 Å². The fourth-order valence-electron chi connectivity index (χ4n) is 2.26. The maximum atomic E-state index is 11.9. The first kappa shape index (κ1) is 15.8. The summed E-state index contributed by atoms with van der Waals surface area (Å²) in [6.45, 7) is 0.432. The smallest absolute Gasteiger partial charge is 0.315 e. The van der Waals surface area contributed by atoms with E-state index in [0.717, 1.165) is 24.8 Å². The first-order valence-corrected chi connectivity index (χ1v) is 8.83. The molecule has 114 valence electrons. The molecule has 1 aromatic carbocycles. The highest BCUT2D eigenvalue weighted by molar-refractivity contribution is 7.84. The van der Waals surface area contributed by atoms with E-state index < -0.39 is 10.8 Å². The molecule has 0 fully saturated rings. The van der Waals surface area contributed by atoms with Crippen molar-refractivity contribution in [3.63, 3.8) is 0 Å². The van der Waals surface area contributed by atoms with Crippen LogP contribution in [0.1, 0.15) is 24.8 Å². The first-order valence-electron chi connectivity index (χ1n) is 7.34.